The molecule has 0 radical (unpaired) electrons. The number of carbonyl (C=O) groups excluding carboxylic acids is 1. The zero-order chi connectivity index (χ0) is 22.8. The van der Waals surface area contributed by atoms with Crippen LogP contribution in [0.5, 0.6) is 27.5 Å². The van der Waals surface area contributed by atoms with Gasteiger partial charge in [0.25, 0.3) is 5.19 Å². The lowest BCUT2D eigenvalue weighted by Gasteiger charge is -2.09. The Labute approximate surface area is 189 Å². The zero-order valence-electron chi connectivity index (χ0n) is 17.6. The summed E-state index contributed by atoms with van der Waals surface area (Å²) in [6.07, 6.45) is 2.51. The van der Waals surface area contributed by atoms with E-state index in [2.05, 4.69) is 17.2 Å². The Balaban J connectivity index is 0.000000614. The zero-order valence-corrected chi connectivity index (χ0v) is 19.2. The monoisotopic (exact) mass is 466 g/mol. The molecule has 9 heteroatoms. The molecule has 2 aromatic carbocycles. The van der Waals surface area contributed by atoms with Crippen LogP contribution in [0.2, 0.25) is 0 Å². The number of benzene rings is 2. The van der Waals surface area contributed by atoms with Crippen molar-refractivity contribution in [2.24, 2.45) is 0 Å². The maximum absolute atomic E-state index is 14.1. The summed E-state index contributed by atoms with van der Waals surface area (Å²) in [4.78, 5) is 13.8. The van der Waals surface area contributed by atoms with Crippen LogP contribution in [0.25, 0.3) is 0 Å². The van der Waals surface area contributed by atoms with Gasteiger partial charge >= 0.3 is 0 Å². The summed E-state index contributed by atoms with van der Waals surface area (Å²) < 4.78 is 30.6. The molecule has 0 aliphatic carbocycles. The van der Waals surface area contributed by atoms with Gasteiger partial charge in [-0.15, -0.1) is 0 Å². The maximum Gasteiger partial charge on any atom is 0.282 e. The second kappa shape index (κ2) is 12.1. The Bertz CT molecular complexity index is 980. The molecule has 0 aliphatic rings. The lowest BCUT2D eigenvalue weighted by Crippen LogP contribution is -2.11. The van der Waals surface area contributed by atoms with Crippen LogP contribution in [0.15, 0.2) is 48.7 Å². The number of thiazole rings is 1. The highest BCUT2D eigenvalue weighted by Gasteiger charge is 2.12. The number of amides is 1. The van der Waals surface area contributed by atoms with E-state index < -0.39 is 11.4 Å². The summed E-state index contributed by atoms with van der Waals surface area (Å²) in [5.41, 5.74) is 0.684. The molecule has 1 heterocycles. The van der Waals surface area contributed by atoms with Crippen molar-refractivity contribution in [2.45, 2.75) is 32.8 Å². The molecule has 6 nitrogen and oxygen atoms in total. The first-order valence-electron chi connectivity index (χ1n) is 9.49. The third kappa shape index (κ3) is 8.43. The Hall–Kier alpha value is -2.84. The van der Waals surface area contributed by atoms with Crippen molar-refractivity contribution in [1.82, 2.24) is 10.3 Å². The molecule has 1 N–H and O–H groups in total. The SMILES string of the molecule is CCc1ccc(Oc2cnc(Oc3ccc(OC(C)Cl)cc3F)s2)cc1.CNC(C)=O. The number of nitrogens with zero attached hydrogens (tertiary/aromatic N) is 1. The molecule has 0 aliphatic heterocycles. The van der Waals surface area contributed by atoms with Gasteiger partial charge in [0, 0.05) is 20.0 Å². The van der Waals surface area contributed by atoms with Crippen molar-refractivity contribution in [1.29, 1.82) is 0 Å². The van der Waals surface area contributed by atoms with Crippen LogP contribution in [0, 0.1) is 5.82 Å². The van der Waals surface area contributed by atoms with Gasteiger partial charge in [-0.1, -0.05) is 30.7 Å². The van der Waals surface area contributed by atoms with Crippen LogP contribution in [-0.2, 0) is 11.2 Å². The summed E-state index contributed by atoms with van der Waals surface area (Å²) >= 11 is 6.90. The van der Waals surface area contributed by atoms with E-state index in [1.807, 2.05) is 24.3 Å². The third-order valence-corrected chi connectivity index (χ3v) is 4.61. The van der Waals surface area contributed by atoms with E-state index in [4.69, 9.17) is 25.8 Å². The van der Waals surface area contributed by atoms with E-state index in [0.717, 1.165) is 6.42 Å². The first-order valence-corrected chi connectivity index (χ1v) is 10.7. The number of halogens is 2. The molecule has 0 spiro atoms. The smallest absolute Gasteiger partial charge is 0.282 e. The molecular weight excluding hydrogens is 443 g/mol. The van der Waals surface area contributed by atoms with Crippen LogP contribution >= 0.6 is 22.9 Å². The molecule has 3 rings (SSSR count). The average Bonchev–Trinajstić information content (AvgIpc) is 3.17. The highest BCUT2D eigenvalue weighted by molar-refractivity contribution is 7.15. The second-order valence-electron chi connectivity index (χ2n) is 6.21. The molecule has 31 heavy (non-hydrogen) atoms. The molecule has 1 aromatic heterocycles. The number of aryl methyl sites for hydroxylation is 1. The van der Waals surface area contributed by atoms with Crippen molar-refractivity contribution >= 4 is 28.8 Å². The molecule has 1 atom stereocenters. The highest BCUT2D eigenvalue weighted by Crippen LogP contribution is 2.35. The topological polar surface area (TPSA) is 69.7 Å². The first-order chi connectivity index (χ1) is 14.8. The fraction of sp³-hybridized carbons (Fsp3) is 0.273. The van der Waals surface area contributed by atoms with Crippen LogP contribution in [-0.4, -0.2) is 23.5 Å². The summed E-state index contributed by atoms with van der Waals surface area (Å²) in [7, 11) is 1.60. The standard InChI is InChI=1S/C19H17ClFNO3S.C3H7NO/c1-3-13-4-6-14(7-5-13)24-18-11-22-19(26-18)25-17-9-8-15(10-16(17)21)23-12(2)20;1-3(5)4-2/h4-12H,3H2,1-2H3;1-2H3,(H,4,5). The fourth-order valence-corrected chi connectivity index (χ4v) is 2.92. The minimum Gasteiger partial charge on any atom is -0.475 e. The number of ether oxygens (including phenoxy) is 3. The van der Waals surface area contributed by atoms with Gasteiger partial charge < -0.3 is 19.5 Å². The minimum atomic E-state index is -0.562. The molecule has 0 saturated heterocycles. The van der Waals surface area contributed by atoms with Crippen LogP contribution in [0.3, 0.4) is 0 Å². The Morgan fingerprint density at radius 3 is 2.39 bits per heavy atom. The van der Waals surface area contributed by atoms with E-state index >= 15 is 0 Å². The van der Waals surface area contributed by atoms with Gasteiger partial charge in [-0.2, -0.15) is 0 Å². The van der Waals surface area contributed by atoms with Crippen LogP contribution < -0.4 is 19.5 Å². The quantitative estimate of drug-likeness (QED) is 0.423. The summed E-state index contributed by atoms with van der Waals surface area (Å²) in [5.74, 6) is 0.529. The Kier molecular flexibility index (Phi) is 9.55. The lowest BCUT2D eigenvalue weighted by atomic mass is 10.2. The maximum atomic E-state index is 14.1. The lowest BCUT2D eigenvalue weighted by molar-refractivity contribution is -0.118. The number of hydrogen-bond donors (Lipinski definition) is 1. The second-order valence-corrected chi connectivity index (χ2v) is 7.78. The summed E-state index contributed by atoms with van der Waals surface area (Å²) in [6, 6.07) is 12.1. The fourth-order valence-electron chi connectivity index (χ4n) is 2.17. The van der Waals surface area contributed by atoms with Gasteiger partial charge in [-0.25, -0.2) is 9.37 Å². The predicted molar refractivity (Wildman–Crippen MR) is 120 cm³/mol. The number of hydrogen-bond acceptors (Lipinski definition) is 6. The van der Waals surface area contributed by atoms with Crippen molar-refractivity contribution in [3.05, 3.63) is 60.0 Å². The predicted octanol–water partition coefficient (Wildman–Crippen LogP) is 6.15. The third-order valence-electron chi connectivity index (χ3n) is 3.76. The number of alkyl halides is 1. The van der Waals surface area contributed by atoms with Crippen molar-refractivity contribution in [3.8, 4) is 27.5 Å². The van der Waals surface area contributed by atoms with Crippen LogP contribution in [0.1, 0.15) is 26.3 Å². The van der Waals surface area contributed by atoms with E-state index in [9.17, 15) is 9.18 Å². The number of aromatic nitrogens is 1. The molecule has 0 saturated carbocycles. The van der Waals surface area contributed by atoms with E-state index in [-0.39, 0.29) is 16.9 Å². The van der Waals surface area contributed by atoms with Crippen molar-refractivity contribution < 1.29 is 23.4 Å². The molecule has 1 unspecified atom stereocenters. The molecule has 166 valence electrons. The Morgan fingerprint density at radius 1 is 1.19 bits per heavy atom. The highest BCUT2D eigenvalue weighted by atomic mass is 35.5. The number of rotatable bonds is 7. The van der Waals surface area contributed by atoms with Crippen molar-refractivity contribution in [2.75, 3.05) is 7.05 Å². The molecule has 0 fully saturated rings. The first kappa shape index (κ1) is 24.4. The van der Waals surface area contributed by atoms with Gasteiger partial charge in [-0.3, -0.25) is 4.79 Å². The minimum absolute atomic E-state index is 0.00463. The van der Waals surface area contributed by atoms with Crippen LogP contribution in [0.4, 0.5) is 4.39 Å². The largest absolute Gasteiger partial charge is 0.475 e. The molecular formula is C22H24ClFN2O4S. The number of nitrogens with one attached hydrogen (secondary N) is 1. The number of carbonyl (C=O) groups is 1. The molecule has 0 bridgehead atoms. The normalized spacial score (nSPS) is 11.0. The summed E-state index contributed by atoms with van der Waals surface area (Å²) in [5, 5.41) is 3.23. The van der Waals surface area contributed by atoms with E-state index in [1.54, 1.807) is 20.0 Å². The van der Waals surface area contributed by atoms with Crippen molar-refractivity contribution in [3.63, 3.8) is 0 Å². The van der Waals surface area contributed by atoms with Gasteiger partial charge in [0.05, 0.1) is 6.20 Å². The average molecular weight is 467 g/mol. The van der Waals surface area contributed by atoms with E-state index in [1.165, 1.54) is 42.2 Å². The van der Waals surface area contributed by atoms with Gasteiger partial charge in [0.15, 0.2) is 17.1 Å². The molecule has 1 amide bonds. The Morgan fingerprint density at radius 2 is 1.84 bits per heavy atom. The van der Waals surface area contributed by atoms with E-state index in [0.29, 0.717) is 16.6 Å². The van der Waals surface area contributed by atoms with Gasteiger partial charge in [-0.05, 0) is 54.5 Å². The summed E-state index contributed by atoms with van der Waals surface area (Å²) in [6.45, 7) is 5.22. The van der Waals surface area contributed by atoms with Gasteiger partial charge in [0.2, 0.25) is 11.0 Å². The molecule has 3 aromatic rings. The van der Waals surface area contributed by atoms with Gasteiger partial charge in [0.1, 0.15) is 11.5 Å².